The van der Waals surface area contributed by atoms with Crippen molar-refractivity contribution in [2.24, 2.45) is 0 Å². The van der Waals surface area contributed by atoms with Crippen molar-refractivity contribution >= 4 is 40.2 Å². The number of hydrogen-bond donors (Lipinski definition) is 0. The summed E-state index contributed by atoms with van der Waals surface area (Å²) in [5.41, 5.74) is 12.7. The molecule has 0 fully saturated rings. The highest BCUT2D eigenvalue weighted by Gasteiger charge is 2.41. The first-order valence-corrected chi connectivity index (χ1v) is 23.7. The van der Waals surface area contributed by atoms with E-state index in [1.165, 1.54) is 22.5 Å². The van der Waals surface area contributed by atoms with Crippen molar-refractivity contribution in [3.05, 3.63) is 179 Å². The lowest BCUT2D eigenvalue weighted by Gasteiger charge is -2.42. The Balaban J connectivity index is 1.31. The normalized spacial score (nSPS) is 14.4. The SMILES string of the molecule is CC(C)(C)c1cccc(C(C)(C)C)c1Oc1cccc(Oc2c(C(C)(C)C)cccc2C(C)(C)C)c1B1c2ccccc2Oc2cc(N3c4ccccc4C(C)(C)c4ccccc43)ccc21. The molecule has 0 spiro atoms. The summed E-state index contributed by atoms with van der Waals surface area (Å²) in [5.74, 6) is 4.89. The molecule has 2 aliphatic rings. The molecule has 0 aromatic heterocycles. The van der Waals surface area contributed by atoms with E-state index in [1.807, 2.05) is 0 Å². The highest BCUT2D eigenvalue weighted by molar-refractivity contribution is 6.98. The van der Waals surface area contributed by atoms with Crippen LogP contribution in [0.3, 0.4) is 0 Å². The molecule has 0 amide bonds. The van der Waals surface area contributed by atoms with E-state index in [1.54, 1.807) is 0 Å². The van der Waals surface area contributed by atoms with E-state index >= 15 is 0 Å². The minimum atomic E-state index is -0.315. The molecule has 7 aromatic rings. The fraction of sp³-hybridized carbons (Fsp3) is 0.311. The first-order valence-electron chi connectivity index (χ1n) is 23.7. The van der Waals surface area contributed by atoms with Crippen molar-refractivity contribution in [1.29, 1.82) is 0 Å². The lowest BCUT2D eigenvalue weighted by molar-refractivity contribution is 0.422. The van der Waals surface area contributed by atoms with Gasteiger partial charge in [0.1, 0.15) is 34.5 Å². The van der Waals surface area contributed by atoms with Gasteiger partial charge >= 0.3 is 0 Å². The first-order chi connectivity index (χ1) is 31.0. The molecule has 9 rings (SSSR count). The molecule has 2 heterocycles. The summed E-state index contributed by atoms with van der Waals surface area (Å²) >= 11 is 0. The molecule has 7 aromatic carbocycles. The molecule has 0 saturated carbocycles. The number of benzene rings is 7. The van der Waals surface area contributed by atoms with Crippen molar-refractivity contribution in [3.63, 3.8) is 0 Å². The summed E-state index contributed by atoms with van der Waals surface area (Å²) in [4.78, 5) is 2.40. The van der Waals surface area contributed by atoms with Gasteiger partial charge in [0.25, 0.3) is 6.71 Å². The van der Waals surface area contributed by atoms with Gasteiger partial charge in [0.15, 0.2) is 0 Å². The van der Waals surface area contributed by atoms with Gasteiger partial charge in [-0.15, -0.1) is 0 Å². The summed E-state index contributed by atoms with van der Waals surface area (Å²) in [6.07, 6.45) is 0. The van der Waals surface area contributed by atoms with Gasteiger partial charge in [0.05, 0.1) is 11.4 Å². The largest absolute Gasteiger partial charge is 0.458 e. The Morgan fingerprint density at radius 2 is 0.848 bits per heavy atom. The fourth-order valence-corrected chi connectivity index (χ4v) is 10.2. The van der Waals surface area contributed by atoms with E-state index < -0.39 is 0 Å². The number of hydrogen-bond acceptors (Lipinski definition) is 4. The molecule has 0 atom stereocenters. The third-order valence-electron chi connectivity index (χ3n) is 13.7. The second kappa shape index (κ2) is 16.0. The lowest BCUT2D eigenvalue weighted by atomic mass is 9.35. The van der Waals surface area contributed by atoms with Gasteiger partial charge in [-0.05, 0) is 80.1 Å². The van der Waals surface area contributed by atoms with Gasteiger partial charge in [0.2, 0.25) is 0 Å². The second-order valence-electron chi connectivity index (χ2n) is 23.0. The number of anilines is 3. The quantitative estimate of drug-likeness (QED) is 0.156. The Bertz CT molecular complexity index is 2780. The Morgan fingerprint density at radius 3 is 1.32 bits per heavy atom. The van der Waals surface area contributed by atoms with E-state index in [0.717, 1.165) is 78.8 Å². The topological polar surface area (TPSA) is 30.9 Å². The Kier molecular flexibility index (Phi) is 10.9. The number of ether oxygens (including phenoxy) is 3. The summed E-state index contributed by atoms with van der Waals surface area (Å²) < 4.78 is 22.2. The van der Waals surface area contributed by atoms with Crippen molar-refractivity contribution in [2.45, 2.75) is 124 Å². The molecule has 0 saturated heterocycles. The van der Waals surface area contributed by atoms with Crippen LogP contribution in [0, 0.1) is 0 Å². The number of rotatable bonds is 6. The molecule has 4 nitrogen and oxygen atoms in total. The third kappa shape index (κ3) is 7.88. The highest BCUT2D eigenvalue weighted by atomic mass is 16.5. The maximum absolute atomic E-state index is 7.57. The molecule has 0 N–H and O–H groups in total. The van der Waals surface area contributed by atoms with Crippen molar-refractivity contribution in [1.82, 2.24) is 0 Å². The van der Waals surface area contributed by atoms with Gasteiger partial charge in [-0.3, -0.25) is 0 Å². The molecule has 66 heavy (non-hydrogen) atoms. The average Bonchev–Trinajstić information content (AvgIpc) is 3.24. The number of nitrogens with zero attached hydrogens (tertiary/aromatic N) is 1. The fourth-order valence-electron chi connectivity index (χ4n) is 10.2. The summed E-state index contributed by atoms with van der Waals surface area (Å²) in [7, 11) is 0. The monoisotopic (exact) mass is 872 g/mol. The second-order valence-corrected chi connectivity index (χ2v) is 23.0. The molecule has 0 radical (unpaired) electrons. The molecular formula is C61H66BNO3. The highest BCUT2D eigenvalue weighted by Crippen LogP contribution is 2.52. The minimum Gasteiger partial charge on any atom is -0.458 e. The molecule has 0 aliphatic carbocycles. The van der Waals surface area contributed by atoms with Gasteiger partial charge in [-0.2, -0.15) is 0 Å². The van der Waals surface area contributed by atoms with E-state index in [2.05, 4.69) is 247 Å². The lowest BCUT2D eigenvalue weighted by Crippen LogP contribution is -2.55. The van der Waals surface area contributed by atoms with Crippen molar-refractivity contribution < 1.29 is 14.2 Å². The standard InChI is InChI=1S/C61H66BNO3/c1-57(2,3)42-26-21-27-43(58(4,5)6)55(42)65-51-34-23-35-52(66-56-44(59(7,8)9)28-22-29-45(56)60(10,11)12)54(51)62-46-30-17-20-33-50(46)64-53-38-39(36-37-47(53)62)63-48-31-18-15-24-40(48)61(13,14)41-25-16-19-32-49(41)63/h15-38H,1-14H3. The van der Waals surface area contributed by atoms with Crippen LogP contribution in [-0.2, 0) is 27.1 Å². The first kappa shape index (κ1) is 45.0. The third-order valence-corrected chi connectivity index (χ3v) is 13.7. The summed E-state index contributed by atoms with van der Waals surface area (Å²) in [6.45, 7) is 31.5. The van der Waals surface area contributed by atoms with Gasteiger partial charge < -0.3 is 19.1 Å². The van der Waals surface area contributed by atoms with E-state index in [-0.39, 0.29) is 33.8 Å². The van der Waals surface area contributed by atoms with Crippen LogP contribution in [0.15, 0.2) is 146 Å². The molecule has 0 unspecified atom stereocenters. The van der Waals surface area contributed by atoms with Crippen LogP contribution < -0.4 is 35.5 Å². The van der Waals surface area contributed by atoms with E-state index in [0.29, 0.717) is 0 Å². The smallest absolute Gasteiger partial charge is 0.260 e. The molecule has 0 bridgehead atoms. The van der Waals surface area contributed by atoms with Crippen LogP contribution in [0.2, 0.25) is 0 Å². The van der Waals surface area contributed by atoms with Gasteiger partial charge in [-0.25, -0.2) is 0 Å². The number of fused-ring (bicyclic) bond motifs is 4. The zero-order chi connectivity index (χ0) is 47.1. The number of para-hydroxylation sites is 5. The van der Waals surface area contributed by atoms with Crippen LogP contribution in [0.5, 0.6) is 34.5 Å². The minimum absolute atomic E-state index is 0.171. The Morgan fingerprint density at radius 1 is 0.439 bits per heavy atom. The molecule has 336 valence electrons. The molecule has 2 aliphatic heterocycles. The average molecular weight is 872 g/mol. The summed E-state index contributed by atoms with van der Waals surface area (Å²) in [6, 6.07) is 52.4. The Hall–Kier alpha value is -6.20. The zero-order valence-electron chi connectivity index (χ0n) is 41.6. The van der Waals surface area contributed by atoms with Crippen LogP contribution in [0.1, 0.15) is 130 Å². The maximum Gasteiger partial charge on any atom is 0.260 e. The summed E-state index contributed by atoms with van der Waals surface area (Å²) in [5, 5.41) is 0. The Labute approximate surface area is 395 Å². The van der Waals surface area contributed by atoms with Crippen LogP contribution in [0.25, 0.3) is 0 Å². The maximum atomic E-state index is 7.57. The molecule has 5 heteroatoms. The van der Waals surface area contributed by atoms with Crippen molar-refractivity contribution in [3.8, 4) is 34.5 Å². The van der Waals surface area contributed by atoms with E-state index in [9.17, 15) is 0 Å². The van der Waals surface area contributed by atoms with Gasteiger partial charge in [0, 0.05) is 44.9 Å². The van der Waals surface area contributed by atoms with Crippen LogP contribution in [-0.4, -0.2) is 6.71 Å². The van der Waals surface area contributed by atoms with Gasteiger partial charge in [-0.1, -0.05) is 200 Å². The predicted octanol–water partition coefficient (Wildman–Crippen LogP) is 15.2. The van der Waals surface area contributed by atoms with Crippen LogP contribution in [0.4, 0.5) is 17.1 Å². The van der Waals surface area contributed by atoms with E-state index in [4.69, 9.17) is 14.2 Å². The predicted molar refractivity (Wildman–Crippen MR) is 279 cm³/mol. The van der Waals surface area contributed by atoms with Crippen LogP contribution >= 0.6 is 0 Å². The zero-order valence-corrected chi connectivity index (χ0v) is 41.6. The van der Waals surface area contributed by atoms with Crippen molar-refractivity contribution in [2.75, 3.05) is 4.90 Å². The molecular weight excluding hydrogens is 805 g/mol.